The number of rotatable bonds is 3. The second-order valence-electron chi connectivity index (χ2n) is 7.06. The van der Waals surface area contributed by atoms with Crippen molar-refractivity contribution in [3.63, 3.8) is 0 Å². The first kappa shape index (κ1) is 15.1. The van der Waals surface area contributed by atoms with Gasteiger partial charge >= 0.3 is 0 Å². The van der Waals surface area contributed by atoms with E-state index in [-0.39, 0.29) is 5.54 Å². The Kier molecular flexibility index (Phi) is 4.42. The Morgan fingerprint density at radius 3 is 2.63 bits per heavy atom. The molecule has 1 fully saturated rings. The van der Waals surface area contributed by atoms with Gasteiger partial charge in [-0.2, -0.15) is 0 Å². The van der Waals surface area contributed by atoms with Gasteiger partial charge in [-0.3, -0.25) is 0 Å². The van der Waals surface area contributed by atoms with Crippen LogP contribution < -0.4 is 5.32 Å². The summed E-state index contributed by atoms with van der Waals surface area (Å²) in [5, 5.41) is 3.74. The highest BCUT2D eigenvalue weighted by atomic mass is 79.9. The molecule has 1 N–H and O–H groups in total. The van der Waals surface area contributed by atoms with Gasteiger partial charge in [-0.25, -0.2) is 0 Å². The highest BCUT2D eigenvalue weighted by Gasteiger charge is 2.42. The summed E-state index contributed by atoms with van der Waals surface area (Å²) in [6.45, 7) is 10.2. The average molecular weight is 324 g/mol. The van der Waals surface area contributed by atoms with E-state index in [1.54, 1.807) is 0 Å². The third kappa shape index (κ3) is 3.41. The lowest BCUT2D eigenvalue weighted by Crippen LogP contribution is -2.47. The molecule has 0 aromatic heterocycles. The Balaban J connectivity index is 2.30. The van der Waals surface area contributed by atoms with Crippen LogP contribution in [0.1, 0.15) is 52.5 Å². The monoisotopic (exact) mass is 323 g/mol. The molecule has 0 saturated heterocycles. The molecule has 2 unspecified atom stereocenters. The fourth-order valence-corrected chi connectivity index (χ4v) is 3.66. The molecule has 0 amide bonds. The van der Waals surface area contributed by atoms with E-state index in [4.69, 9.17) is 0 Å². The van der Waals surface area contributed by atoms with E-state index in [0.717, 1.165) is 12.5 Å². The van der Waals surface area contributed by atoms with Gasteiger partial charge in [-0.1, -0.05) is 41.4 Å². The van der Waals surface area contributed by atoms with E-state index in [1.807, 2.05) is 0 Å². The minimum Gasteiger partial charge on any atom is -0.311 e. The van der Waals surface area contributed by atoms with Gasteiger partial charge in [0.25, 0.3) is 0 Å². The lowest BCUT2D eigenvalue weighted by atomic mass is 9.72. The highest BCUT2D eigenvalue weighted by Crippen LogP contribution is 2.45. The van der Waals surface area contributed by atoms with Gasteiger partial charge in [0.05, 0.1) is 0 Å². The molecule has 1 nitrogen and oxygen atoms in total. The number of hydrogen-bond donors (Lipinski definition) is 1. The predicted octanol–water partition coefficient (Wildman–Crippen LogP) is 4.90. The van der Waals surface area contributed by atoms with Crippen LogP contribution in [0.5, 0.6) is 0 Å². The van der Waals surface area contributed by atoms with Crippen molar-refractivity contribution < 1.29 is 0 Å². The van der Waals surface area contributed by atoms with E-state index in [2.05, 4.69) is 73.2 Å². The summed E-state index contributed by atoms with van der Waals surface area (Å²) in [4.78, 5) is 0. The van der Waals surface area contributed by atoms with E-state index in [9.17, 15) is 0 Å². The van der Waals surface area contributed by atoms with Gasteiger partial charge in [0, 0.05) is 22.0 Å². The molecule has 0 spiro atoms. The molecule has 2 atom stereocenters. The summed E-state index contributed by atoms with van der Waals surface area (Å²) in [5.41, 5.74) is 1.97. The maximum atomic E-state index is 3.74. The maximum Gasteiger partial charge on any atom is 0.0178 e. The minimum absolute atomic E-state index is 0.182. The number of halogens is 1. The SMILES string of the molecule is CC1CCCC1(CNC(C)(C)C)c1cccc(Br)c1. The second-order valence-corrected chi connectivity index (χ2v) is 7.98. The molecule has 0 heterocycles. The van der Waals surface area contributed by atoms with E-state index in [1.165, 1.54) is 29.3 Å². The van der Waals surface area contributed by atoms with E-state index in [0.29, 0.717) is 5.41 Å². The number of nitrogens with one attached hydrogen (secondary N) is 1. The normalized spacial score (nSPS) is 27.7. The van der Waals surface area contributed by atoms with Gasteiger partial charge < -0.3 is 5.32 Å². The molecule has 1 saturated carbocycles. The Morgan fingerprint density at radius 2 is 2.11 bits per heavy atom. The van der Waals surface area contributed by atoms with Crippen LogP contribution >= 0.6 is 15.9 Å². The fraction of sp³-hybridized carbons (Fsp3) is 0.647. The van der Waals surface area contributed by atoms with E-state index >= 15 is 0 Å². The zero-order valence-electron chi connectivity index (χ0n) is 12.6. The molecule has 2 heteroatoms. The molecule has 0 radical (unpaired) electrons. The largest absolute Gasteiger partial charge is 0.311 e. The Hall–Kier alpha value is -0.340. The summed E-state index contributed by atoms with van der Waals surface area (Å²) in [5.74, 6) is 0.747. The standard InChI is InChI=1S/C17H26BrN/c1-13-7-6-10-17(13,12-19-16(2,3)4)14-8-5-9-15(18)11-14/h5,8-9,11,13,19H,6-7,10,12H2,1-4H3. The van der Waals surface area contributed by atoms with Crippen molar-refractivity contribution in [1.82, 2.24) is 5.32 Å². The lowest BCUT2D eigenvalue weighted by molar-refractivity contribution is 0.279. The Morgan fingerprint density at radius 1 is 1.37 bits per heavy atom. The first-order valence-electron chi connectivity index (χ1n) is 7.35. The molecule has 1 aromatic rings. The van der Waals surface area contributed by atoms with Crippen molar-refractivity contribution in [2.45, 2.75) is 57.9 Å². The molecular formula is C17H26BrN. The molecule has 1 aliphatic rings. The number of benzene rings is 1. The first-order chi connectivity index (χ1) is 8.83. The van der Waals surface area contributed by atoms with Gasteiger partial charge in [-0.15, -0.1) is 0 Å². The highest BCUT2D eigenvalue weighted by molar-refractivity contribution is 9.10. The van der Waals surface area contributed by atoms with Crippen molar-refractivity contribution in [2.75, 3.05) is 6.54 Å². The molecule has 0 bridgehead atoms. The summed E-state index contributed by atoms with van der Waals surface area (Å²) in [7, 11) is 0. The van der Waals surface area contributed by atoms with Crippen LogP contribution in [-0.4, -0.2) is 12.1 Å². The van der Waals surface area contributed by atoms with Crippen LogP contribution in [-0.2, 0) is 5.41 Å². The van der Waals surface area contributed by atoms with Crippen LogP contribution in [0.2, 0.25) is 0 Å². The molecule has 1 aromatic carbocycles. The smallest absolute Gasteiger partial charge is 0.0178 e. The van der Waals surface area contributed by atoms with Crippen molar-refractivity contribution in [3.8, 4) is 0 Å². The van der Waals surface area contributed by atoms with E-state index < -0.39 is 0 Å². The minimum atomic E-state index is 0.182. The average Bonchev–Trinajstić information content (AvgIpc) is 2.68. The van der Waals surface area contributed by atoms with Gasteiger partial charge in [-0.05, 0) is 57.2 Å². The van der Waals surface area contributed by atoms with Crippen molar-refractivity contribution in [1.29, 1.82) is 0 Å². The van der Waals surface area contributed by atoms with Crippen LogP contribution in [0, 0.1) is 5.92 Å². The maximum absolute atomic E-state index is 3.74. The van der Waals surface area contributed by atoms with Gasteiger partial charge in [0.1, 0.15) is 0 Å². The third-order valence-electron chi connectivity index (χ3n) is 4.54. The molecule has 2 rings (SSSR count). The number of hydrogen-bond acceptors (Lipinski definition) is 1. The van der Waals surface area contributed by atoms with Gasteiger partial charge in [0.15, 0.2) is 0 Å². The summed E-state index contributed by atoms with van der Waals surface area (Å²) < 4.78 is 1.19. The molecule has 0 aliphatic heterocycles. The van der Waals surface area contributed by atoms with Gasteiger partial charge in [0.2, 0.25) is 0 Å². The first-order valence-corrected chi connectivity index (χ1v) is 8.14. The predicted molar refractivity (Wildman–Crippen MR) is 86.6 cm³/mol. The molecule has 1 aliphatic carbocycles. The molecule has 106 valence electrons. The zero-order valence-corrected chi connectivity index (χ0v) is 14.2. The zero-order chi connectivity index (χ0) is 14.1. The summed E-state index contributed by atoms with van der Waals surface area (Å²) in [6, 6.07) is 8.90. The fourth-order valence-electron chi connectivity index (χ4n) is 3.26. The van der Waals surface area contributed by atoms with Crippen LogP contribution in [0.3, 0.4) is 0 Å². The Labute approximate surface area is 126 Å². The second kappa shape index (κ2) is 5.57. The summed E-state index contributed by atoms with van der Waals surface area (Å²) in [6.07, 6.45) is 3.99. The summed E-state index contributed by atoms with van der Waals surface area (Å²) >= 11 is 3.62. The topological polar surface area (TPSA) is 12.0 Å². The van der Waals surface area contributed by atoms with Crippen LogP contribution in [0.25, 0.3) is 0 Å². The molecular weight excluding hydrogens is 298 g/mol. The van der Waals surface area contributed by atoms with Crippen molar-refractivity contribution in [2.24, 2.45) is 5.92 Å². The third-order valence-corrected chi connectivity index (χ3v) is 5.03. The van der Waals surface area contributed by atoms with Crippen molar-refractivity contribution >= 4 is 15.9 Å². The van der Waals surface area contributed by atoms with Crippen LogP contribution in [0.4, 0.5) is 0 Å². The lowest BCUT2D eigenvalue weighted by Gasteiger charge is -2.38. The van der Waals surface area contributed by atoms with Crippen LogP contribution in [0.15, 0.2) is 28.7 Å². The quantitative estimate of drug-likeness (QED) is 0.834. The van der Waals surface area contributed by atoms with Crippen molar-refractivity contribution in [3.05, 3.63) is 34.3 Å². The Bertz CT molecular complexity index is 435. The molecule has 19 heavy (non-hydrogen) atoms.